The number of nitrogens with zero attached hydrogens (tertiary/aromatic N) is 2. The van der Waals surface area contributed by atoms with Crippen LogP contribution < -0.4 is 20.7 Å². The van der Waals surface area contributed by atoms with E-state index < -0.39 is 6.03 Å². The van der Waals surface area contributed by atoms with E-state index in [2.05, 4.69) is 25.9 Å². The molecule has 0 unspecified atom stereocenters. The van der Waals surface area contributed by atoms with E-state index in [0.717, 1.165) is 5.69 Å². The Hall–Kier alpha value is -4.39. The van der Waals surface area contributed by atoms with Crippen molar-refractivity contribution in [3.8, 4) is 11.6 Å². The first-order chi connectivity index (χ1) is 14.8. The molecule has 0 bridgehead atoms. The number of amides is 2. The molecule has 1 aromatic heterocycles. The normalized spacial score (nSPS) is 10.1. The molecule has 0 fully saturated rings. The Labute approximate surface area is 173 Å². The van der Waals surface area contributed by atoms with Crippen LogP contribution in [0.5, 0.6) is 11.6 Å². The largest absolute Gasteiger partial charge is 0.437 e. The molecular formula is C23H19N5O2. The lowest BCUT2D eigenvalue weighted by Crippen LogP contribution is -2.20. The minimum atomic E-state index is -0.425. The topological polar surface area (TPSA) is 88.2 Å². The van der Waals surface area contributed by atoms with Gasteiger partial charge in [-0.05, 0) is 36.4 Å². The van der Waals surface area contributed by atoms with Crippen molar-refractivity contribution < 1.29 is 9.53 Å². The van der Waals surface area contributed by atoms with Crippen molar-refractivity contribution in [1.82, 2.24) is 9.97 Å². The highest BCUT2D eigenvalue weighted by Crippen LogP contribution is 2.28. The third-order valence-electron chi connectivity index (χ3n) is 4.02. The number of urea groups is 1. The highest BCUT2D eigenvalue weighted by Gasteiger charge is 2.13. The van der Waals surface area contributed by atoms with Crippen LogP contribution in [0.1, 0.15) is 0 Å². The van der Waals surface area contributed by atoms with Crippen molar-refractivity contribution in [3.63, 3.8) is 0 Å². The van der Waals surface area contributed by atoms with E-state index in [4.69, 9.17) is 4.74 Å². The van der Waals surface area contributed by atoms with Gasteiger partial charge in [0.2, 0.25) is 11.8 Å². The van der Waals surface area contributed by atoms with Crippen molar-refractivity contribution >= 4 is 29.0 Å². The van der Waals surface area contributed by atoms with Gasteiger partial charge in [-0.25, -0.2) is 9.78 Å². The molecule has 4 aromatic rings. The predicted octanol–water partition coefficient (Wildman–Crippen LogP) is 5.66. The van der Waals surface area contributed by atoms with E-state index in [-0.39, 0.29) is 5.88 Å². The van der Waals surface area contributed by atoms with Gasteiger partial charge in [-0.15, -0.1) is 0 Å². The van der Waals surface area contributed by atoms with Gasteiger partial charge in [0.15, 0.2) is 0 Å². The Morgan fingerprint density at radius 2 is 1.33 bits per heavy atom. The fraction of sp³-hybridized carbons (Fsp3) is 0. The van der Waals surface area contributed by atoms with Crippen LogP contribution in [0.25, 0.3) is 0 Å². The van der Waals surface area contributed by atoms with E-state index in [1.165, 1.54) is 6.20 Å². The Bertz CT molecular complexity index is 1110. The Kier molecular flexibility index (Phi) is 5.81. The highest BCUT2D eigenvalue weighted by molar-refractivity contribution is 6.00. The van der Waals surface area contributed by atoms with Crippen LogP contribution in [-0.4, -0.2) is 16.0 Å². The lowest BCUT2D eigenvalue weighted by atomic mass is 10.3. The minimum Gasteiger partial charge on any atom is -0.437 e. The molecule has 148 valence electrons. The molecule has 1 heterocycles. The number of anilines is 4. The molecule has 0 spiro atoms. The van der Waals surface area contributed by atoms with Crippen LogP contribution in [0.2, 0.25) is 0 Å². The van der Waals surface area contributed by atoms with E-state index in [0.29, 0.717) is 23.1 Å². The summed E-state index contributed by atoms with van der Waals surface area (Å²) in [4.78, 5) is 21.1. The number of carbonyl (C=O) groups excluding carboxylic acids is 1. The van der Waals surface area contributed by atoms with Crippen LogP contribution in [0, 0.1) is 0 Å². The van der Waals surface area contributed by atoms with Crippen LogP contribution in [-0.2, 0) is 0 Å². The fourth-order valence-corrected chi connectivity index (χ4v) is 2.65. The highest BCUT2D eigenvalue weighted by atomic mass is 16.5. The molecule has 3 N–H and O–H groups in total. The first-order valence-corrected chi connectivity index (χ1v) is 9.31. The molecule has 0 saturated heterocycles. The second-order valence-corrected chi connectivity index (χ2v) is 6.26. The maximum absolute atomic E-state index is 12.4. The molecule has 0 saturated carbocycles. The first kappa shape index (κ1) is 18.9. The zero-order valence-electron chi connectivity index (χ0n) is 15.9. The molecule has 0 atom stereocenters. The standard InChI is InChI=1S/C23H19N5O2/c29-23(26-18-12-6-2-7-13-18)27-20-16-24-22(25-17-10-4-1-5-11-17)28-21(20)30-19-14-8-3-9-15-19/h1-16H,(H,24,25,28)(H2,26,27,29). The predicted molar refractivity (Wildman–Crippen MR) is 117 cm³/mol. The summed E-state index contributed by atoms with van der Waals surface area (Å²) in [5.41, 5.74) is 1.85. The number of aromatic nitrogens is 2. The second kappa shape index (κ2) is 9.20. The molecule has 2 amide bonds. The number of para-hydroxylation sites is 3. The van der Waals surface area contributed by atoms with E-state index in [1.54, 1.807) is 24.3 Å². The van der Waals surface area contributed by atoms with Crippen molar-refractivity contribution in [2.75, 3.05) is 16.0 Å². The molecule has 0 radical (unpaired) electrons. The van der Waals surface area contributed by atoms with Gasteiger partial charge in [-0.2, -0.15) is 4.98 Å². The molecule has 0 aliphatic rings. The summed E-state index contributed by atoms with van der Waals surface area (Å²) >= 11 is 0. The van der Waals surface area contributed by atoms with Crippen molar-refractivity contribution in [2.24, 2.45) is 0 Å². The second-order valence-electron chi connectivity index (χ2n) is 6.26. The lowest BCUT2D eigenvalue weighted by molar-refractivity contribution is 0.262. The number of ether oxygens (including phenoxy) is 1. The summed E-state index contributed by atoms with van der Waals surface area (Å²) in [5, 5.41) is 8.62. The number of hydrogen-bond donors (Lipinski definition) is 3. The number of benzene rings is 3. The molecule has 3 aromatic carbocycles. The SMILES string of the molecule is O=C(Nc1ccccc1)Nc1cnc(Nc2ccccc2)nc1Oc1ccccc1. The van der Waals surface area contributed by atoms with Gasteiger partial charge in [0.1, 0.15) is 11.4 Å². The van der Waals surface area contributed by atoms with Gasteiger partial charge in [0, 0.05) is 11.4 Å². The summed E-state index contributed by atoms with van der Waals surface area (Å²) in [6.07, 6.45) is 1.50. The summed E-state index contributed by atoms with van der Waals surface area (Å²) in [5.74, 6) is 1.16. The van der Waals surface area contributed by atoms with Gasteiger partial charge in [0.25, 0.3) is 0 Å². The third-order valence-corrected chi connectivity index (χ3v) is 4.02. The van der Waals surface area contributed by atoms with Crippen LogP contribution >= 0.6 is 0 Å². The summed E-state index contributed by atoms with van der Waals surface area (Å²) in [6, 6.07) is 27.5. The van der Waals surface area contributed by atoms with E-state index >= 15 is 0 Å². The van der Waals surface area contributed by atoms with E-state index in [1.807, 2.05) is 66.7 Å². The number of hydrogen-bond acceptors (Lipinski definition) is 5. The molecule has 30 heavy (non-hydrogen) atoms. The fourth-order valence-electron chi connectivity index (χ4n) is 2.65. The maximum Gasteiger partial charge on any atom is 0.323 e. The van der Waals surface area contributed by atoms with Gasteiger partial charge in [-0.1, -0.05) is 54.6 Å². The van der Waals surface area contributed by atoms with Gasteiger partial charge < -0.3 is 20.7 Å². The van der Waals surface area contributed by atoms with Crippen LogP contribution in [0.4, 0.5) is 27.8 Å². The molecule has 0 aliphatic heterocycles. The number of nitrogens with one attached hydrogen (secondary N) is 3. The smallest absolute Gasteiger partial charge is 0.323 e. The zero-order chi connectivity index (χ0) is 20.6. The van der Waals surface area contributed by atoms with Crippen molar-refractivity contribution in [1.29, 1.82) is 0 Å². The van der Waals surface area contributed by atoms with Gasteiger partial charge >= 0.3 is 6.03 Å². The number of rotatable bonds is 6. The summed E-state index contributed by atoms with van der Waals surface area (Å²) in [7, 11) is 0. The number of carbonyl (C=O) groups is 1. The Balaban J connectivity index is 1.57. The molecule has 4 rings (SSSR count). The maximum atomic E-state index is 12.4. The lowest BCUT2D eigenvalue weighted by Gasteiger charge is -2.13. The molecule has 7 heteroatoms. The summed E-state index contributed by atoms with van der Waals surface area (Å²) < 4.78 is 5.91. The molecule has 7 nitrogen and oxygen atoms in total. The quantitative estimate of drug-likeness (QED) is 0.391. The Morgan fingerprint density at radius 3 is 2.00 bits per heavy atom. The van der Waals surface area contributed by atoms with Crippen LogP contribution in [0.15, 0.2) is 97.2 Å². The third kappa shape index (κ3) is 5.11. The average molecular weight is 397 g/mol. The first-order valence-electron chi connectivity index (χ1n) is 9.31. The van der Waals surface area contributed by atoms with Gasteiger partial charge in [-0.3, -0.25) is 0 Å². The summed E-state index contributed by atoms with van der Waals surface area (Å²) in [6.45, 7) is 0. The van der Waals surface area contributed by atoms with Crippen molar-refractivity contribution in [3.05, 3.63) is 97.2 Å². The zero-order valence-corrected chi connectivity index (χ0v) is 15.9. The van der Waals surface area contributed by atoms with Crippen molar-refractivity contribution in [2.45, 2.75) is 0 Å². The monoisotopic (exact) mass is 397 g/mol. The molecular weight excluding hydrogens is 378 g/mol. The Morgan fingerprint density at radius 1 is 0.733 bits per heavy atom. The van der Waals surface area contributed by atoms with E-state index in [9.17, 15) is 4.79 Å². The molecule has 0 aliphatic carbocycles. The average Bonchev–Trinajstić information content (AvgIpc) is 2.78. The van der Waals surface area contributed by atoms with Crippen LogP contribution in [0.3, 0.4) is 0 Å². The minimum absolute atomic E-state index is 0.220. The van der Waals surface area contributed by atoms with Gasteiger partial charge in [0.05, 0.1) is 6.20 Å².